The molecule has 0 radical (unpaired) electrons. The number of ether oxygens (including phenoxy) is 3. The SMILES string of the molecule is CC/C=C\C/C=C\C/C=C\C/C=C\C/C=C\C/C=C\C/C=C\C/C=C\C/C=C\CCCCCC(=O)OCC(COC(=O)CCCCCCC/C=C\CCC)OC(=O)CCCCCCCCCCCCCCC. The molecule has 0 bridgehead atoms. The lowest BCUT2D eigenvalue weighted by Crippen LogP contribution is -2.30. The fraction of sp³-hybridized carbons (Fsp3) is 0.652. The predicted molar refractivity (Wildman–Crippen MR) is 311 cm³/mol. The Morgan fingerprint density at radius 3 is 0.931 bits per heavy atom. The molecule has 0 fully saturated rings. The molecule has 0 aliphatic rings. The molecule has 0 saturated carbocycles. The molecule has 6 heteroatoms. The number of carbonyl (C=O) groups is 3. The van der Waals surface area contributed by atoms with Crippen LogP contribution in [0, 0.1) is 0 Å². The normalized spacial score (nSPS) is 13.0. The van der Waals surface area contributed by atoms with Gasteiger partial charge in [0.1, 0.15) is 13.2 Å². The summed E-state index contributed by atoms with van der Waals surface area (Å²) in [5.74, 6) is -0.938. The van der Waals surface area contributed by atoms with Gasteiger partial charge in [-0.2, -0.15) is 0 Å². The predicted octanol–water partition coefficient (Wildman–Crippen LogP) is 20.0. The fourth-order valence-corrected chi connectivity index (χ4v) is 7.79. The molecule has 0 spiro atoms. The van der Waals surface area contributed by atoms with Crippen LogP contribution in [-0.4, -0.2) is 37.2 Å². The number of hydrogen-bond acceptors (Lipinski definition) is 6. The molecule has 0 aromatic heterocycles. The van der Waals surface area contributed by atoms with Crippen molar-refractivity contribution in [3.63, 3.8) is 0 Å². The minimum atomic E-state index is -0.795. The zero-order chi connectivity index (χ0) is 52.2. The highest BCUT2D eigenvalue weighted by Crippen LogP contribution is 2.15. The van der Waals surface area contributed by atoms with E-state index < -0.39 is 6.10 Å². The topological polar surface area (TPSA) is 78.9 Å². The highest BCUT2D eigenvalue weighted by atomic mass is 16.6. The summed E-state index contributed by atoms with van der Waals surface area (Å²) in [5.41, 5.74) is 0. The van der Waals surface area contributed by atoms with Gasteiger partial charge < -0.3 is 14.2 Å². The van der Waals surface area contributed by atoms with Crippen molar-refractivity contribution in [2.45, 2.75) is 264 Å². The Hall–Kier alpha value is -4.19. The molecule has 0 rings (SSSR count). The van der Waals surface area contributed by atoms with Crippen molar-refractivity contribution < 1.29 is 28.6 Å². The molecule has 1 unspecified atom stereocenters. The quantitative estimate of drug-likeness (QED) is 0.0261. The average molecular weight is 998 g/mol. The van der Waals surface area contributed by atoms with E-state index in [1.165, 1.54) is 77.0 Å². The van der Waals surface area contributed by atoms with Crippen LogP contribution < -0.4 is 0 Å². The van der Waals surface area contributed by atoms with E-state index in [0.29, 0.717) is 19.3 Å². The largest absolute Gasteiger partial charge is 0.462 e. The standard InChI is InChI=1S/C66H108O6/c1-4-7-10-13-16-19-22-24-25-26-27-28-29-30-31-32-33-34-35-36-37-38-39-40-41-43-44-47-50-53-56-59-65(68)71-62-63(61-70-64(67)58-55-52-49-46-21-18-15-12-9-6-3)72-66(69)60-57-54-51-48-45-42-23-20-17-14-11-8-5-2/h7,10,12,15-16,19,24-25,27-28,30-31,33-34,36-37,39-40,43-44,63H,4-6,8-9,11,13-14,17-18,20-23,26,29,32,35,38,41-42,45-62H2,1-3H3/b10-7-,15-12-,19-16-,25-24-,28-27-,31-30-,34-33-,37-36-,40-39-,44-43-. The van der Waals surface area contributed by atoms with Gasteiger partial charge in [-0.15, -0.1) is 0 Å². The first-order valence-corrected chi connectivity index (χ1v) is 29.5. The minimum Gasteiger partial charge on any atom is -0.462 e. The third kappa shape index (κ3) is 56.7. The summed E-state index contributed by atoms with van der Waals surface area (Å²) in [5, 5.41) is 0. The highest BCUT2D eigenvalue weighted by Gasteiger charge is 2.19. The maximum absolute atomic E-state index is 12.8. The summed E-state index contributed by atoms with van der Waals surface area (Å²) in [7, 11) is 0. The number of carbonyl (C=O) groups excluding carboxylic acids is 3. The van der Waals surface area contributed by atoms with Gasteiger partial charge in [0.25, 0.3) is 0 Å². The Morgan fingerprint density at radius 2 is 0.569 bits per heavy atom. The van der Waals surface area contributed by atoms with Crippen LogP contribution in [0.15, 0.2) is 122 Å². The Labute approximate surface area is 443 Å². The van der Waals surface area contributed by atoms with Crippen molar-refractivity contribution in [3.8, 4) is 0 Å². The Kier molecular flexibility index (Phi) is 55.9. The van der Waals surface area contributed by atoms with Gasteiger partial charge in [0.2, 0.25) is 0 Å². The van der Waals surface area contributed by atoms with E-state index in [1.807, 2.05) is 0 Å². The van der Waals surface area contributed by atoms with E-state index in [2.05, 4.69) is 142 Å². The van der Waals surface area contributed by atoms with Crippen LogP contribution in [0.5, 0.6) is 0 Å². The van der Waals surface area contributed by atoms with Gasteiger partial charge in [0, 0.05) is 19.3 Å². The molecule has 0 heterocycles. The summed E-state index contributed by atoms with van der Waals surface area (Å²) in [6.07, 6.45) is 82.0. The van der Waals surface area contributed by atoms with E-state index in [9.17, 15) is 14.4 Å². The molecule has 0 N–H and O–H groups in total. The van der Waals surface area contributed by atoms with Gasteiger partial charge >= 0.3 is 17.9 Å². The van der Waals surface area contributed by atoms with Gasteiger partial charge in [-0.05, 0) is 109 Å². The monoisotopic (exact) mass is 997 g/mol. The van der Waals surface area contributed by atoms with E-state index in [-0.39, 0.29) is 31.1 Å². The summed E-state index contributed by atoms with van der Waals surface area (Å²) in [4.78, 5) is 38.0. The van der Waals surface area contributed by atoms with Crippen LogP contribution in [-0.2, 0) is 28.6 Å². The smallest absolute Gasteiger partial charge is 0.306 e. The first kappa shape index (κ1) is 67.8. The Bertz CT molecular complexity index is 1520. The first-order valence-electron chi connectivity index (χ1n) is 29.5. The van der Waals surface area contributed by atoms with Crippen LogP contribution >= 0.6 is 0 Å². The van der Waals surface area contributed by atoms with Crippen molar-refractivity contribution in [3.05, 3.63) is 122 Å². The lowest BCUT2D eigenvalue weighted by atomic mass is 10.0. The maximum atomic E-state index is 12.8. The first-order chi connectivity index (χ1) is 35.5. The van der Waals surface area contributed by atoms with Gasteiger partial charge in [-0.3, -0.25) is 14.4 Å². The number of hydrogen-bond donors (Lipinski definition) is 0. The average Bonchev–Trinajstić information content (AvgIpc) is 3.38. The molecule has 0 saturated heterocycles. The van der Waals surface area contributed by atoms with Crippen LogP contribution in [0.2, 0.25) is 0 Å². The molecule has 408 valence electrons. The third-order valence-electron chi connectivity index (χ3n) is 12.2. The summed E-state index contributed by atoms with van der Waals surface area (Å²) >= 11 is 0. The van der Waals surface area contributed by atoms with Gasteiger partial charge in [0.05, 0.1) is 0 Å². The number of rotatable bonds is 52. The summed E-state index contributed by atoms with van der Waals surface area (Å²) in [6, 6.07) is 0. The number of esters is 3. The second-order valence-corrected chi connectivity index (χ2v) is 19.2. The summed E-state index contributed by atoms with van der Waals surface area (Å²) < 4.78 is 16.8. The molecule has 0 aromatic rings. The molecular formula is C66H108O6. The van der Waals surface area contributed by atoms with Crippen LogP contribution in [0.3, 0.4) is 0 Å². The molecule has 0 aliphatic heterocycles. The van der Waals surface area contributed by atoms with E-state index in [1.54, 1.807) is 0 Å². The zero-order valence-electron chi connectivity index (χ0n) is 46.7. The highest BCUT2D eigenvalue weighted by molar-refractivity contribution is 5.71. The van der Waals surface area contributed by atoms with Gasteiger partial charge in [-0.1, -0.05) is 251 Å². The van der Waals surface area contributed by atoms with Crippen LogP contribution in [0.1, 0.15) is 258 Å². The van der Waals surface area contributed by atoms with Crippen molar-refractivity contribution >= 4 is 17.9 Å². The van der Waals surface area contributed by atoms with Gasteiger partial charge in [-0.25, -0.2) is 0 Å². The van der Waals surface area contributed by atoms with Crippen molar-refractivity contribution in [2.24, 2.45) is 0 Å². The molecule has 0 aliphatic carbocycles. The van der Waals surface area contributed by atoms with Crippen molar-refractivity contribution in [2.75, 3.05) is 13.2 Å². The van der Waals surface area contributed by atoms with Crippen molar-refractivity contribution in [1.82, 2.24) is 0 Å². The Morgan fingerprint density at radius 1 is 0.292 bits per heavy atom. The van der Waals surface area contributed by atoms with E-state index in [0.717, 1.165) is 141 Å². The second-order valence-electron chi connectivity index (χ2n) is 19.2. The Balaban J connectivity index is 4.30. The number of unbranched alkanes of at least 4 members (excludes halogenated alkanes) is 21. The van der Waals surface area contributed by atoms with Crippen molar-refractivity contribution in [1.29, 1.82) is 0 Å². The second kappa shape index (κ2) is 59.4. The molecule has 72 heavy (non-hydrogen) atoms. The molecule has 1 atom stereocenters. The molecule has 6 nitrogen and oxygen atoms in total. The minimum absolute atomic E-state index is 0.0934. The molecule has 0 amide bonds. The molecular weight excluding hydrogens is 889 g/mol. The molecule has 0 aromatic carbocycles. The fourth-order valence-electron chi connectivity index (χ4n) is 7.79. The van der Waals surface area contributed by atoms with Gasteiger partial charge in [0.15, 0.2) is 6.10 Å². The maximum Gasteiger partial charge on any atom is 0.306 e. The van der Waals surface area contributed by atoms with E-state index >= 15 is 0 Å². The van der Waals surface area contributed by atoms with Crippen LogP contribution in [0.25, 0.3) is 0 Å². The van der Waals surface area contributed by atoms with E-state index in [4.69, 9.17) is 14.2 Å². The lowest BCUT2D eigenvalue weighted by molar-refractivity contribution is -0.167. The zero-order valence-corrected chi connectivity index (χ0v) is 46.7. The third-order valence-corrected chi connectivity index (χ3v) is 12.2. The lowest BCUT2D eigenvalue weighted by Gasteiger charge is -2.18. The summed E-state index contributed by atoms with van der Waals surface area (Å²) in [6.45, 7) is 6.42. The number of allylic oxidation sites excluding steroid dienone is 20. The van der Waals surface area contributed by atoms with Crippen LogP contribution in [0.4, 0.5) is 0 Å².